The molecule has 2 aliphatic rings. The third-order valence-electron chi connectivity index (χ3n) is 5.40. The Labute approximate surface area is 165 Å². The van der Waals surface area contributed by atoms with Crippen LogP contribution in [-0.2, 0) is 14.3 Å². The normalized spacial score (nSPS) is 25.5. The Kier molecular flexibility index (Phi) is 6.20. The SMILES string of the molecule is COC(=O)C1=CC=C2CC[C@@H]([C@@H](C)OC(=O)[Se]c3ccccc3)[C@@]2(O)CC1. The second kappa shape index (κ2) is 8.42. The van der Waals surface area contributed by atoms with E-state index in [-0.39, 0.29) is 16.8 Å². The van der Waals surface area contributed by atoms with E-state index in [1.54, 1.807) is 6.08 Å². The van der Waals surface area contributed by atoms with Crippen LogP contribution in [0.5, 0.6) is 0 Å². The Balaban J connectivity index is 1.66. The van der Waals surface area contributed by atoms with Crippen LogP contribution >= 0.6 is 0 Å². The van der Waals surface area contributed by atoms with E-state index in [1.165, 1.54) is 7.11 Å². The van der Waals surface area contributed by atoms with Crippen molar-refractivity contribution in [2.75, 3.05) is 7.11 Å². The van der Waals surface area contributed by atoms with Crippen molar-refractivity contribution in [1.29, 1.82) is 0 Å². The van der Waals surface area contributed by atoms with Gasteiger partial charge in [0.25, 0.3) is 0 Å². The van der Waals surface area contributed by atoms with Gasteiger partial charge in [0, 0.05) is 0 Å². The quantitative estimate of drug-likeness (QED) is 0.569. The molecule has 2 aliphatic carbocycles. The van der Waals surface area contributed by atoms with Crippen LogP contribution in [0.3, 0.4) is 0 Å². The second-order valence-electron chi connectivity index (χ2n) is 6.93. The van der Waals surface area contributed by atoms with Crippen molar-refractivity contribution in [3.63, 3.8) is 0 Å². The summed E-state index contributed by atoms with van der Waals surface area (Å²) < 4.78 is 11.4. The first-order valence-electron chi connectivity index (χ1n) is 9.08. The molecule has 1 N–H and O–H groups in total. The van der Waals surface area contributed by atoms with Crippen molar-refractivity contribution in [3.05, 3.63) is 53.6 Å². The van der Waals surface area contributed by atoms with E-state index < -0.39 is 26.7 Å². The number of carbonyl (C=O) groups is 2. The van der Waals surface area contributed by atoms with Crippen LogP contribution in [0.15, 0.2) is 53.6 Å². The van der Waals surface area contributed by atoms with Crippen molar-refractivity contribution in [2.45, 2.75) is 44.3 Å². The van der Waals surface area contributed by atoms with Gasteiger partial charge in [0.15, 0.2) is 0 Å². The van der Waals surface area contributed by atoms with Gasteiger partial charge in [-0.3, -0.25) is 0 Å². The minimum absolute atomic E-state index is 0.176. The molecule has 0 radical (unpaired) electrons. The van der Waals surface area contributed by atoms with Gasteiger partial charge >= 0.3 is 165 Å². The van der Waals surface area contributed by atoms with Crippen LogP contribution in [0.1, 0.15) is 32.6 Å². The number of aliphatic hydroxyl groups is 1. The molecule has 0 amide bonds. The van der Waals surface area contributed by atoms with Crippen LogP contribution in [0, 0.1) is 5.92 Å². The Morgan fingerprint density at radius 2 is 1.96 bits per heavy atom. The maximum atomic E-state index is 12.3. The zero-order valence-electron chi connectivity index (χ0n) is 15.5. The van der Waals surface area contributed by atoms with Crippen LogP contribution in [0.2, 0.25) is 0 Å². The number of carbonyl (C=O) groups excluding carboxylic acids is 2. The molecular weight excluding hydrogens is 411 g/mol. The van der Waals surface area contributed by atoms with Crippen molar-refractivity contribution in [3.8, 4) is 0 Å². The van der Waals surface area contributed by atoms with Crippen molar-refractivity contribution >= 4 is 30.3 Å². The van der Waals surface area contributed by atoms with Crippen LogP contribution < -0.4 is 4.46 Å². The van der Waals surface area contributed by atoms with E-state index >= 15 is 0 Å². The van der Waals surface area contributed by atoms with Crippen molar-refractivity contribution < 1.29 is 24.2 Å². The Bertz CT molecular complexity index is 770. The molecule has 1 aromatic rings. The average Bonchev–Trinajstić information content (AvgIpc) is 2.88. The zero-order chi connectivity index (χ0) is 19.4. The van der Waals surface area contributed by atoms with Gasteiger partial charge in [0.05, 0.1) is 0 Å². The molecule has 0 bridgehead atoms. The van der Waals surface area contributed by atoms with Crippen LogP contribution in [0.4, 0.5) is 4.79 Å². The predicted molar refractivity (Wildman–Crippen MR) is 103 cm³/mol. The number of fused-ring (bicyclic) bond motifs is 1. The standard InChI is InChI=1S/C21H24O5Se/c1-14(26-20(23)27-17-6-4-3-5-7-17)18-11-10-16-9-8-15(19(22)25-2)12-13-21(16,18)24/h3-9,14,18,24H,10-13H2,1-2H3/t14-,18+,21-/m1/s1. The van der Waals surface area contributed by atoms with Gasteiger partial charge in [-0.15, -0.1) is 0 Å². The predicted octanol–water partition coefficient (Wildman–Crippen LogP) is 2.50. The molecule has 0 heterocycles. The summed E-state index contributed by atoms with van der Waals surface area (Å²) in [5.41, 5.74) is 0.414. The van der Waals surface area contributed by atoms with Crippen LogP contribution in [-0.4, -0.2) is 49.7 Å². The van der Waals surface area contributed by atoms with E-state index in [9.17, 15) is 14.7 Å². The van der Waals surface area contributed by atoms with E-state index in [4.69, 9.17) is 9.47 Å². The Morgan fingerprint density at radius 1 is 1.22 bits per heavy atom. The number of hydrogen-bond acceptors (Lipinski definition) is 5. The molecule has 1 fully saturated rings. The first-order valence-corrected chi connectivity index (χ1v) is 10.8. The third kappa shape index (κ3) is 4.34. The van der Waals surface area contributed by atoms with E-state index in [0.717, 1.165) is 22.9 Å². The molecule has 0 saturated heterocycles. The van der Waals surface area contributed by atoms with Crippen molar-refractivity contribution in [1.82, 2.24) is 0 Å². The summed E-state index contributed by atoms with van der Waals surface area (Å²) in [6, 6.07) is 9.56. The molecule has 1 aromatic carbocycles. The van der Waals surface area contributed by atoms with Gasteiger partial charge in [-0.2, -0.15) is 0 Å². The van der Waals surface area contributed by atoms with Gasteiger partial charge < -0.3 is 0 Å². The molecule has 3 atom stereocenters. The maximum absolute atomic E-state index is 12.3. The summed E-state index contributed by atoms with van der Waals surface area (Å²) in [5, 5.41) is 11.4. The molecule has 5 nitrogen and oxygen atoms in total. The number of benzene rings is 1. The summed E-state index contributed by atoms with van der Waals surface area (Å²) in [7, 11) is 1.36. The van der Waals surface area contributed by atoms with E-state index in [2.05, 4.69) is 0 Å². The Morgan fingerprint density at radius 3 is 2.67 bits per heavy atom. The Hall–Kier alpha value is -1.88. The number of ether oxygens (including phenoxy) is 2. The average molecular weight is 435 g/mol. The molecule has 144 valence electrons. The molecule has 1 saturated carbocycles. The molecule has 3 rings (SSSR count). The first kappa shape index (κ1) is 19.9. The minimum atomic E-state index is -1.05. The second-order valence-corrected chi connectivity index (χ2v) is 9.05. The number of hydrogen-bond donors (Lipinski definition) is 1. The number of methoxy groups -OCH3 is 1. The zero-order valence-corrected chi connectivity index (χ0v) is 17.2. The van der Waals surface area contributed by atoms with Crippen LogP contribution in [0.25, 0.3) is 0 Å². The number of rotatable bonds is 5. The van der Waals surface area contributed by atoms with E-state index in [0.29, 0.717) is 18.4 Å². The molecule has 0 aromatic heterocycles. The molecule has 0 unspecified atom stereocenters. The monoisotopic (exact) mass is 436 g/mol. The number of allylic oxidation sites excluding steroid dienone is 2. The summed E-state index contributed by atoms with van der Waals surface area (Å²) in [4.78, 5) is 23.9. The topological polar surface area (TPSA) is 72.8 Å². The third-order valence-corrected chi connectivity index (χ3v) is 7.01. The van der Waals surface area contributed by atoms with E-state index in [1.807, 2.05) is 43.3 Å². The molecule has 0 spiro atoms. The molecule has 27 heavy (non-hydrogen) atoms. The first-order chi connectivity index (χ1) is 12.9. The summed E-state index contributed by atoms with van der Waals surface area (Å²) >= 11 is -0.404. The molecular formula is C21H24O5Se. The van der Waals surface area contributed by atoms with Gasteiger partial charge in [-0.05, 0) is 0 Å². The molecule has 0 aliphatic heterocycles. The van der Waals surface area contributed by atoms with Gasteiger partial charge in [0.1, 0.15) is 0 Å². The summed E-state index contributed by atoms with van der Waals surface area (Å²) in [6.45, 7) is 1.85. The fraction of sp³-hybridized carbons (Fsp3) is 0.429. The number of esters is 1. The summed E-state index contributed by atoms with van der Waals surface area (Å²) in [6.07, 6.45) is 5.55. The fourth-order valence-corrected chi connectivity index (χ4v) is 5.39. The fourth-order valence-electron chi connectivity index (χ4n) is 3.95. The summed E-state index contributed by atoms with van der Waals surface area (Å²) in [5.74, 6) is -0.540. The van der Waals surface area contributed by atoms with Gasteiger partial charge in [-0.25, -0.2) is 0 Å². The van der Waals surface area contributed by atoms with Gasteiger partial charge in [-0.1, -0.05) is 0 Å². The molecule has 6 heteroatoms. The van der Waals surface area contributed by atoms with Gasteiger partial charge in [0.2, 0.25) is 0 Å². The van der Waals surface area contributed by atoms with Crippen molar-refractivity contribution in [2.24, 2.45) is 5.92 Å².